The van der Waals surface area contributed by atoms with E-state index in [9.17, 15) is 9.59 Å². The van der Waals surface area contributed by atoms with Crippen LogP contribution in [0.3, 0.4) is 0 Å². The minimum atomic E-state index is -0.157. The zero-order valence-corrected chi connectivity index (χ0v) is 16.7. The lowest BCUT2D eigenvalue weighted by Gasteiger charge is -2.15. The van der Waals surface area contributed by atoms with Gasteiger partial charge in [-0.25, -0.2) is 4.98 Å². The number of amides is 1. The molecular weight excluding hydrogens is 394 g/mol. The van der Waals surface area contributed by atoms with Crippen molar-refractivity contribution in [2.24, 2.45) is 0 Å². The van der Waals surface area contributed by atoms with E-state index in [2.05, 4.69) is 10.3 Å². The fourth-order valence-electron chi connectivity index (χ4n) is 3.65. The van der Waals surface area contributed by atoms with E-state index in [0.29, 0.717) is 10.8 Å². The van der Waals surface area contributed by atoms with E-state index < -0.39 is 0 Å². The summed E-state index contributed by atoms with van der Waals surface area (Å²) in [6.45, 7) is 0.107. The van der Waals surface area contributed by atoms with Crippen LogP contribution in [0.1, 0.15) is 0 Å². The first-order valence-electron chi connectivity index (χ1n) is 9.51. The number of hydrogen-bond donors (Lipinski definition) is 1. The van der Waals surface area contributed by atoms with Crippen molar-refractivity contribution >= 4 is 44.7 Å². The Kier molecular flexibility index (Phi) is 4.61. The molecule has 0 atom stereocenters. The molecule has 5 aromatic rings. The third-order valence-corrected chi connectivity index (χ3v) is 5.85. The highest BCUT2D eigenvalue weighted by molar-refractivity contribution is 7.13. The van der Waals surface area contributed by atoms with Gasteiger partial charge in [-0.15, -0.1) is 11.3 Å². The van der Waals surface area contributed by atoms with Crippen LogP contribution in [0, 0.1) is 0 Å². The number of anilines is 1. The van der Waals surface area contributed by atoms with Gasteiger partial charge in [0.1, 0.15) is 11.6 Å². The number of carbonyl (C=O) groups excluding carboxylic acids is 1. The van der Waals surface area contributed by atoms with Crippen molar-refractivity contribution in [3.8, 4) is 10.6 Å². The Labute approximate surface area is 176 Å². The molecule has 0 saturated heterocycles. The number of pyridine rings is 1. The van der Waals surface area contributed by atoms with Gasteiger partial charge in [0.25, 0.3) is 0 Å². The van der Waals surface area contributed by atoms with Gasteiger partial charge in [0, 0.05) is 33.6 Å². The zero-order chi connectivity index (χ0) is 20.5. The number of para-hydroxylation sites is 2. The first-order valence-corrected chi connectivity index (χ1v) is 10.4. The molecule has 5 rings (SSSR count). The second kappa shape index (κ2) is 7.57. The van der Waals surface area contributed by atoms with E-state index >= 15 is 0 Å². The molecule has 0 aliphatic carbocycles. The molecule has 2 heterocycles. The fraction of sp³-hybridized carbons (Fsp3) is 0.0417. The summed E-state index contributed by atoms with van der Waals surface area (Å²) in [6, 6.07) is 22.4. The molecule has 146 valence electrons. The van der Waals surface area contributed by atoms with Crippen molar-refractivity contribution in [3.05, 3.63) is 94.6 Å². The van der Waals surface area contributed by atoms with E-state index in [0.717, 1.165) is 27.3 Å². The van der Waals surface area contributed by atoms with E-state index in [-0.39, 0.29) is 17.9 Å². The summed E-state index contributed by atoms with van der Waals surface area (Å²) in [5.74, 6) is -0.157. The molecule has 0 saturated carbocycles. The SMILES string of the molecule is O=C(Cn1c2ccccc2c(=O)c2ccccc21)Nc1ccc(-c2nccs2)cc1. The number of hydrogen-bond acceptors (Lipinski definition) is 4. The Hall–Kier alpha value is -3.77. The molecule has 6 heteroatoms. The summed E-state index contributed by atoms with van der Waals surface area (Å²) >= 11 is 1.57. The average Bonchev–Trinajstić information content (AvgIpc) is 3.32. The van der Waals surface area contributed by atoms with Crippen molar-refractivity contribution in [1.29, 1.82) is 0 Å². The summed E-state index contributed by atoms with van der Waals surface area (Å²) in [5.41, 5.74) is 3.21. The number of nitrogens with one attached hydrogen (secondary N) is 1. The largest absolute Gasteiger partial charge is 0.331 e. The van der Waals surface area contributed by atoms with Crippen molar-refractivity contribution in [2.75, 3.05) is 5.32 Å². The average molecular weight is 411 g/mol. The molecule has 1 N–H and O–H groups in total. The van der Waals surface area contributed by atoms with Gasteiger partial charge in [-0.2, -0.15) is 0 Å². The van der Waals surface area contributed by atoms with Crippen LogP contribution in [0.5, 0.6) is 0 Å². The van der Waals surface area contributed by atoms with Crippen LogP contribution >= 0.6 is 11.3 Å². The number of rotatable bonds is 4. The van der Waals surface area contributed by atoms with Gasteiger partial charge in [0.05, 0.1) is 11.0 Å². The van der Waals surface area contributed by atoms with Gasteiger partial charge in [-0.3, -0.25) is 9.59 Å². The number of benzene rings is 3. The van der Waals surface area contributed by atoms with Gasteiger partial charge in [0.15, 0.2) is 5.43 Å². The van der Waals surface area contributed by atoms with Gasteiger partial charge in [-0.05, 0) is 48.5 Å². The van der Waals surface area contributed by atoms with Crippen molar-refractivity contribution in [1.82, 2.24) is 9.55 Å². The van der Waals surface area contributed by atoms with Crippen LogP contribution in [0.25, 0.3) is 32.4 Å². The molecule has 30 heavy (non-hydrogen) atoms. The highest BCUT2D eigenvalue weighted by Crippen LogP contribution is 2.23. The number of nitrogens with zero attached hydrogens (tertiary/aromatic N) is 2. The van der Waals surface area contributed by atoms with E-state index in [1.54, 1.807) is 29.7 Å². The van der Waals surface area contributed by atoms with E-state index in [1.807, 2.05) is 70.6 Å². The van der Waals surface area contributed by atoms with Crippen LogP contribution in [0.2, 0.25) is 0 Å². The third kappa shape index (κ3) is 3.27. The summed E-state index contributed by atoms with van der Waals surface area (Å²) in [4.78, 5) is 30.0. The second-order valence-electron chi connectivity index (χ2n) is 6.91. The first-order chi connectivity index (χ1) is 14.7. The highest BCUT2D eigenvalue weighted by Gasteiger charge is 2.13. The zero-order valence-electron chi connectivity index (χ0n) is 15.9. The third-order valence-electron chi connectivity index (χ3n) is 5.03. The lowest BCUT2D eigenvalue weighted by molar-refractivity contribution is -0.116. The molecule has 0 spiro atoms. The molecule has 5 nitrogen and oxygen atoms in total. The minimum Gasteiger partial charge on any atom is -0.331 e. The summed E-state index contributed by atoms with van der Waals surface area (Å²) in [6.07, 6.45) is 1.77. The van der Waals surface area contributed by atoms with Gasteiger partial charge in [-0.1, -0.05) is 24.3 Å². The molecular formula is C24H17N3O2S. The number of aromatic nitrogens is 2. The molecule has 0 aliphatic heterocycles. The smallest absolute Gasteiger partial charge is 0.244 e. The lowest BCUT2D eigenvalue weighted by Crippen LogP contribution is -2.21. The highest BCUT2D eigenvalue weighted by atomic mass is 32.1. The molecule has 0 radical (unpaired) electrons. The predicted molar refractivity (Wildman–Crippen MR) is 122 cm³/mol. The minimum absolute atomic E-state index is 0.0179. The van der Waals surface area contributed by atoms with Crippen LogP contribution in [-0.4, -0.2) is 15.5 Å². The molecule has 0 bridgehead atoms. The van der Waals surface area contributed by atoms with Gasteiger partial charge < -0.3 is 9.88 Å². The molecule has 0 unspecified atom stereocenters. The Balaban J connectivity index is 1.47. The normalized spacial score (nSPS) is 11.1. The van der Waals surface area contributed by atoms with Crippen molar-refractivity contribution in [2.45, 2.75) is 6.54 Å². The monoisotopic (exact) mass is 411 g/mol. The van der Waals surface area contributed by atoms with Crippen molar-refractivity contribution < 1.29 is 4.79 Å². The molecule has 0 fully saturated rings. The Bertz CT molecular complexity index is 1360. The van der Waals surface area contributed by atoms with Crippen LogP contribution in [0.4, 0.5) is 5.69 Å². The summed E-state index contributed by atoms with van der Waals surface area (Å²) in [7, 11) is 0. The maximum absolute atomic E-state index is 12.8. The summed E-state index contributed by atoms with van der Waals surface area (Å²) in [5, 5.41) is 7.05. The topological polar surface area (TPSA) is 64.0 Å². The van der Waals surface area contributed by atoms with Crippen LogP contribution in [-0.2, 0) is 11.3 Å². The quantitative estimate of drug-likeness (QED) is 0.427. The molecule has 1 amide bonds. The lowest BCUT2D eigenvalue weighted by atomic mass is 10.1. The van der Waals surface area contributed by atoms with Crippen molar-refractivity contribution in [3.63, 3.8) is 0 Å². The number of fused-ring (bicyclic) bond motifs is 2. The predicted octanol–water partition coefficient (Wildman–Crippen LogP) is 4.92. The number of thiazole rings is 1. The van der Waals surface area contributed by atoms with E-state index in [4.69, 9.17) is 0 Å². The maximum Gasteiger partial charge on any atom is 0.244 e. The Morgan fingerprint density at radius 1 is 0.900 bits per heavy atom. The van der Waals surface area contributed by atoms with Crippen LogP contribution in [0.15, 0.2) is 89.2 Å². The van der Waals surface area contributed by atoms with Gasteiger partial charge in [0.2, 0.25) is 5.91 Å². The standard InChI is InChI=1S/C24H17N3O2S/c28-22(26-17-11-9-16(10-12-17)24-25-13-14-30-24)15-27-20-7-3-1-5-18(20)23(29)19-6-2-4-8-21(19)27/h1-14H,15H2,(H,26,28). The fourth-order valence-corrected chi connectivity index (χ4v) is 4.30. The first kappa shape index (κ1) is 18.3. The Morgan fingerprint density at radius 2 is 1.53 bits per heavy atom. The molecule has 3 aromatic carbocycles. The summed E-state index contributed by atoms with van der Waals surface area (Å²) < 4.78 is 1.89. The Morgan fingerprint density at radius 3 is 2.13 bits per heavy atom. The van der Waals surface area contributed by atoms with Gasteiger partial charge >= 0.3 is 0 Å². The number of carbonyl (C=O) groups is 1. The second-order valence-corrected chi connectivity index (χ2v) is 7.81. The van der Waals surface area contributed by atoms with Crippen LogP contribution < -0.4 is 10.7 Å². The maximum atomic E-state index is 12.8. The molecule has 0 aliphatic rings. The molecule has 2 aromatic heterocycles. The van der Waals surface area contributed by atoms with E-state index in [1.165, 1.54) is 0 Å².